The average molecular weight is 243 g/mol. The van der Waals surface area contributed by atoms with Crippen LogP contribution in [0.2, 0.25) is 0 Å². The maximum atomic E-state index is 12.0. The van der Waals surface area contributed by atoms with Crippen molar-refractivity contribution in [3.8, 4) is 0 Å². The van der Waals surface area contributed by atoms with Gasteiger partial charge < -0.3 is 0 Å². The summed E-state index contributed by atoms with van der Waals surface area (Å²) in [5, 5.41) is -4.65. The highest BCUT2D eigenvalue weighted by molar-refractivity contribution is 9.09. The molecule has 6 heteroatoms. The van der Waals surface area contributed by atoms with Crippen molar-refractivity contribution in [2.75, 3.05) is 5.33 Å². The predicted molar refractivity (Wildman–Crippen MR) is 34.2 cm³/mol. The summed E-state index contributed by atoms with van der Waals surface area (Å²) in [5.74, 6) is -4.13. The van der Waals surface area contributed by atoms with Crippen molar-refractivity contribution in [3.63, 3.8) is 0 Å². The van der Waals surface area contributed by atoms with Crippen molar-refractivity contribution >= 4 is 27.5 Å². The molecule has 0 amide bonds. The van der Waals surface area contributed by atoms with E-state index in [1.165, 1.54) is 0 Å². The van der Waals surface area contributed by atoms with Gasteiger partial charge in [-0.15, -0.1) is 0 Å². The molecule has 0 spiro atoms. The number of halogens is 6. The van der Waals surface area contributed by atoms with E-state index in [-0.39, 0.29) is 5.33 Å². The van der Waals surface area contributed by atoms with Crippen LogP contribution in [-0.4, -0.2) is 16.6 Å². The topological polar surface area (TPSA) is 0 Å². The Morgan fingerprint density at radius 2 is 1.60 bits per heavy atom. The molecule has 0 aliphatic carbocycles. The molecule has 0 atom stereocenters. The van der Waals surface area contributed by atoms with Gasteiger partial charge in [0.2, 0.25) is 0 Å². The molecule has 0 aliphatic rings. The van der Waals surface area contributed by atoms with E-state index in [9.17, 15) is 17.6 Å². The van der Waals surface area contributed by atoms with Crippen LogP contribution in [0.3, 0.4) is 0 Å². The number of alkyl halides is 6. The standard InChI is InChI=1S/C4H4BrClF4/c5-2-1-3(7,8)4(6,9)10/h1-2H2. The summed E-state index contributed by atoms with van der Waals surface area (Å²) >= 11 is 6.71. The first-order chi connectivity index (χ1) is 4.31. The van der Waals surface area contributed by atoms with E-state index >= 15 is 0 Å². The molecular weight excluding hydrogens is 239 g/mol. The molecule has 0 radical (unpaired) electrons. The minimum Gasteiger partial charge on any atom is -0.198 e. The van der Waals surface area contributed by atoms with Gasteiger partial charge in [0.15, 0.2) is 0 Å². The minimum absolute atomic E-state index is 0.206. The molecule has 62 valence electrons. The zero-order chi connectivity index (χ0) is 8.41. The molecule has 0 unspecified atom stereocenters. The van der Waals surface area contributed by atoms with Crippen LogP contribution in [0.15, 0.2) is 0 Å². The summed E-state index contributed by atoms with van der Waals surface area (Å²) in [6.07, 6.45) is -0.969. The monoisotopic (exact) mass is 242 g/mol. The normalized spacial score (nSPS) is 13.8. The van der Waals surface area contributed by atoms with Gasteiger partial charge in [-0.3, -0.25) is 0 Å². The summed E-state index contributed by atoms with van der Waals surface area (Å²) in [6.45, 7) is 0. The van der Waals surface area contributed by atoms with Crippen LogP contribution in [0.1, 0.15) is 6.42 Å². The Kier molecular flexibility index (Phi) is 3.42. The summed E-state index contributed by atoms with van der Waals surface area (Å²) in [5.41, 5.74) is 0. The molecule has 0 saturated carbocycles. The van der Waals surface area contributed by atoms with Gasteiger partial charge in [0, 0.05) is 11.8 Å². The van der Waals surface area contributed by atoms with Crippen molar-refractivity contribution in [3.05, 3.63) is 0 Å². The number of rotatable bonds is 3. The summed E-state index contributed by atoms with van der Waals surface area (Å²) in [4.78, 5) is 0. The Balaban J connectivity index is 4.10. The molecule has 10 heavy (non-hydrogen) atoms. The smallest absolute Gasteiger partial charge is 0.198 e. The number of hydrogen-bond acceptors (Lipinski definition) is 0. The van der Waals surface area contributed by atoms with Gasteiger partial charge in [-0.2, -0.15) is 17.6 Å². The van der Waals surface area contributed by atoms with Crippen molar-refractivity contribution in [1.82, 2.24) is 0 Å². The highest BCUT2D eigenvalue weighted by Crippen LogP contribution is 2.40. The molecule has 0 N–H and O–H groups in total. The van der Waals surface area contributed by atoms with Crippen LogP contribution in [0.4, 0.5) is 17.6 Å². The van der Waals surface area contributed by atoms with Crippen molar-refractivity contribution in [1.29, 1.82) is 0 Å². The van der Waals surface area contributed by atoms with Crippen molar-refractivity contribution in [2.45, 2.75) is 17.7 Å². The average Bonchev–Trinajstić information content (AvgIpc) is 1.61. The molecular formula is C4H4BrClF4. The van der Waals surface area contributed by atoms with Crippen LogP contribution in [0, 0.1) is 0 Å². The van der Waals surface area contributed by atoms with Crippen LogP contribution in [0.25, 0.3) is 0 Å². The Morgan fingerprint density at radius 3 is 1.70 bits per heavy atom. The highest BCUT2D eigenvalue weighted by atomic mass is 79.9. The van der Waals surface area contributed by atoms with E-state index in [2.05, 4.69) is 27.5 Å². The van der Waals surface area contributed by atoms with E-state index in [0.717, 1.165) is 0 Å². The molecule has 0 nitrogen and oxygen atoms in total. The largest absolute Gasteiger partial charge is 0.384 e. The SMILES string of the molecule is FC(F)(Cl)C(F)(F)CCBr. The Hall–Kier alpha value is 0.490. The molecule has 0 rings (SSSR count). The van der Waals surface area contributed by atoms with E-state index in [1.54, 1.807) is 0 Å². The van der Waals surface area contributed by atoms with Gasteiger partial charge in [0.25, 0.3) is 0 Å². The second-order valence-electron chi connectivity index (χ2n) is 1.64. The lowest BCUT2D eigenvalue weighted by Crippen LogP contribution is -2.35. The fraction of sp³-hybridized carbons (Fsp3) is 1.00. The van der Waals surface area contributed by atoms with Gasteiger partial charge in [-0.25, -0.2) is 0 Å². The van der Waals surface area contributed by atoms with Crippen LogP contribution in [-0.2, 0) is 0 Å². The quantitative estimate of drug-likeness (QED) is 0.527. The lowest BCUT2D eigenvalue weighted by atomic mass is 10.3. The second kappa shape index (κ2) is 3.26. The Labute approximate surface area is 68.7 Å². The molecule has 0 heterocycles. The zero-order valence-electron chi connectivity index (χ0n) is 4.68. The van der Waals surface area contributed by atoms with Gasteiger partial charge in [-0.05, 0) is 11.6 Å². The first-order valence-corrected chi connectivity index (χ1v) is 3.82. The van der Waals surface area contributed by atoms with E-state index in [4.69, 9.17) is 0 Å². The Bertz CT molecular complexity index is 110. The molecule has 0 bridgehead atoms. The molecule has 0 aliphatic heterocycles. The van der Waals surface area contributed by atoms with E-state index < -0.39 is 17.7 Å². The molecule has 0 aromatic heterocycles. The third-order valence-electron chi connectivity index (χ3n) is 0.823. The van der Waals surface area contributed by atoms with Crippen LogP contribution < -0.4 is 0 Å². The minimum atomic E-state index is -4.44. The lowest BCUT2D eigenvalue weighted by Gasteiger charge is -2.19. The molecule has 0 fully saturated rings. The van der Waals surface area contributed by atoms with E-state index in [1.807, 2.05) is 0 Å². The van der Waals surface area contributed by atoms with Gasteiger partial charge in [0.1, 0.15) is 0 Å². The molecule has 0 aromatic rings. The van der Waals surface area contributed by atoms with Crippen LogP contribution >= 0.6 is 27.5 Å². The summed E-state index contributed by atoms with van der Waals surface area (Å²) < 4.78 is 47.4. The van der Waals surface area contributed by atoms with Gasteiger partial charge in [-0.1, -0.05) is 15.9 Å². The molecule has 0 aromatic carbocycles. The maximum Gasteiger partial charge on any atom is 0.384 e. The predicted octanol–water partition coefficient (Wildman–Crippen LogP) is 3.24. The summed E-state index contributed by atoms with van der Waals surface area (Å²) in [6, 6.07) is 0. The highest BCUT2D eigenvalue weighted by Gasteiger charge is 2.53. The van der Waals surface area contributed by atoms with Crippen LogP contribution in [0.5, 0.6) is 0 Å². The van der Waals surface area contributed by atoms with Gasteiger partial charge >= 0.3 is 11.3 Å². The summed E-state index contributed by atoms with van der Waals surface area (Å²) in [7, 11) is 0. The van der Waals surface area contributed by atoms with Crippen molar-refractivity contribution in [2.24, 2.45) is 0 Å². The maximum absolute atomic E-state index is 12.0. The molecule has 0 saturated heterocycles. The van der Waals surface area contributed by atoms with Gasteiger partial charge in [0.05, 0.1) is 0 Å². The first kappa shape index (κ1) is 10.5. The number of hydrogen-bond donors (Lipinski definition) is 0. The third kappa shape index (κ3) is 2.62. The lowest BCUT2D eigenvalue weighted by molar-refractivity contribution is -0.157. The fourth-order valence-electron chi connectivity index (χ4n) is 0.260. The third-order valence-corrected chi connectivity index (χ3v) is 1.50. The van der Waals surface area contributed by atoms with Crippen molar-refractivity contribution < 1.29 is 17.6 Å². The zero-order valence-corrected chi connectivity index (χ0v) is 7.02. The Morgan fingerprint density at radius 1 is 1.20 bits per heavy atom. The van der Waals surface area contributed by atoms with E-state index in [0.29, 0.717) is 0 Å². The second-order valence-corrected chi connectivity index (χ2v) is 2.91. The fourth-order valence-corrected chi connectivity index (χ4v) is 0.853. The first-order valence-electron chi connectivity index (χ1n) is 2.32.